The second-order valence-corrected chi connectivity index (χ2v) is 7.91. The van der Waals surface area contributed by atoms with Gasteiger partial charge in [-0.25, -0.2) is 0 Å². The molecule has 1 heterocycles. The normalized spacial score (nSPS) is 16.7. The number of anilines is 1. The predicted molar refractivity (Wildman–Crippen MR) is 117 cm³/mol. The first-order valence-electron chi connectivity index (χ1n) is 10.5. The Labute approximate surface area is 173 Å². The summed E-state index contributed by atoms with van der Waals surface area (Å²) in [7, 11) is 0. The van der Waals surface area contributed by atoms with Gasteiger partial charge in [0.15, 0.2) is 0 Å². The van der Waals surface area contributed by atoms with Gasteiger partial charge < -0.3 is 15.5 Å². The van der Waals surface area contributed by atoms with Crippen molar-refractivity contribution in [2.45, 2.75) is 39.2 Å². The number of hydrogen-bond donors (Lipinski definition) is 2. The van der Waals surface area contributed by atoms with Crippen LogP contribution in [-0.4, -0.2) is 42.4 Å². The van der Waals surface area contributed by atoms with Crippen LogP contribution in [0.2, 0.25) is 0 Å². The first-order valence-corrected chi connectivity index (χ1v) is 10.5. The van der Waals surface area contributed by atoms with Crippen molar-refractivity contribution in [3.8, 4) is 0 Å². The summed E-state index contributed by atoms with van der Waals surface area (Å²) in [5.74, 6) is 0.157. The minimum atomic E-state index is -0.389. The fraction of sp³-hybridized carbons (Fsp3) is 0.417. The Morgan fingerprint density at radius 1 is 1.00 bits per heavy atom. The van der Waals surface area contributed by atoms with E-state index in [0.717, 1.165) is 12.1 Å². The molecule has 2 amide bonds. The van der Waals surface area contributed by atoms with Gasteiger partial charge in [0.05, 0.1) is 5.41 Å². The van der Waals surface area contributed by atoms with Gasteiger partial charge in [-0.05, 0) is 50.5 Å². The van der Waals surface area contributed by atoms with Gasteiger partial charge in [-0.3, -0.25) is 9.59 Å². The van der Waals surface area contributed by atoms with E-state index < -0.39 is 0 Å². The van der Waals surface area contributed by atoms with Crippen LogP contribution in [0.4, 0.5) is 5.69 Å². The average molecular weight is 394 g/mol. The van der Waals surface area contributed by atoms with E-state index >= 15 is 0 Å². The molecule has 1 aliphatic heterocycles. The molecule has 0 saturated carbocycles. The SMILES string of the molecule is CCC1(C(=O)NCC(C)Nc2ccccc2)CCN(C(=O)c2ccccc2)CC1. The lowest BCUT2D eigenvalue weighted by atomic mass is 9.75. The van der Waals surface area contributed by atoms with Gasteiger partial charge in [0.2, 0.25) is 5.91 Å². The largest absolute Gasteiger partial charge is 0.381 e. The fourth-order valence-electron chi connectivity index (χ4n) is 3.95. The summed E-state index contributed by atoms with van der Waals surface area (Å²) in [5.41, 5.74) is 1.37. The van der Waals surface area contributed by atoms with Crippen molar-refractivity contribution >= 4 is 17.5 Å². The van der Waals surface area contributed by atoms with Crippen LogP contribution in [0.15, 0.2) is 60.7 Å². The zero-order valence-electron chi connectivity index (χ0n) is 17.4. The lowest BCUT2D eigenvalue weighted by Gasteiger charge is -2.40. The molecule has 5 heteroatoms. The topological polar surface area (TPSA) is 61.4 Å². The highest BCUT2D eigenvalue weighted by atomic mass is 16.2. The van der Waals surface area contributed by atoms with Crippen molar-refractivity contribution < 1.29 is 9.59 Å². The van der Waals surface area contributed by atoms with E-state index in [1.54, 1.807) is 0 Å². The number of rotatable bonds is 7. The minimum absolute atomic E-state index is 0.0522. The number of nitrogens with zero attached hydrogens (tertiary/aromatic N) is 1. The Bertz CT molecular complexity index is 799. The quantitative estimate of drug-likeness (QED) is 0.749. The molecule has 1 unspecified atom stereocenters. The lowest BCUT2D eigenvalue weighted by molar-refractivity contribution is -0.133. The van der Waals surface area contributed by atoms with Crippen LogP contribution in [0.25, 0.3) is 0 Å². The molecule has 29 heavy (non-hydrogen) atoms. The van der Waals surface area contributed by atoms with Gasteiger partial charge in [0.25, 0.3) is 5.91 Å². The number of para-hydroxylation sites is 1. The van der Waals surface area contributed by atoms with Gasteiger partial charge in [-0.2, -0.15) is 0 Å². The molecule has 3 rings (SSSR count). The maximum absolute atomic E-state index is 13.0. The number of nitrogens with one attached hydrogen (secondary N) is 2. The third-order valence-corrected chi connectivity index (χ3v) is 5.94. The molecule has 5 nitrogen and oxygen atoms in total. The minimum Gasteiger partial charge on any atom is -0.381 e. The maximum atomic E-state index is 13.0. The van der Waals surface area contributed by atoms with E-state index in [0.29, 0.717) is 38.0 Å². The molecule has 0 spiro atoms. The summed E-state index contributed by atoms with van der Waals surface area (Å²) >= 11 is 0. The third-order valence-electron chi connectivity index (χ3n) is 5.94. The van der Waals surface area contributed by atoms with Gasteiger partial charge >= 0.3 is 0 Å². The maximum Gasteiger partial charge on any atom is 0.253 e. The predicted octanol–water partition coefficient (Wildman–Crippen LogP) is 3.94. The molecule has 0 aliphatic carbocycles. The van der Waals surface area contributed by atoms with Crippen molar-refractivity contribution in [1.82, 2.24) is 10.2 Å². The summed E-state index contributed by atoms with van der Waals surface area (Å²) in [6.07, 6.45) is 2.19. The molecule has 2 N–H and O–H groups in total. The highest BCUT2D eigenvalue weighted by Gasteiger charge is 2.40. The van der Waals surface area contributed by atoms with Crippen LogP contribution in [0.3, 0.4) is 0 Å². The molecule has 1 atom stereocenters. The molecular weight excluding hydrogens is 362 g/mol. The summed E-state index contributed by atoms with van der Waals surface area (Å²) in [5, 5.41) is 6.54. The first kappa shape index (κ1) is 20.9. The van der Waals surface area contributed by atoms with Crippen molar-refractivity contribution in [2.24, 2.45) is 5.41 Å². The van der Waals surface area contributed by atoms with E-state index in [9.17, 15) is 9.59 Å². The van der Waals surface area contributed by atoms with Gasteiger partial charge in [0.1, 0.15) is 0 Å². The number of amides is 2. The summed E-state index contributed by atoms with van der Waals surface area (Å²) in [6.45, 7) is 5.94. The molecule has 0 radical (unpaired) electrons. The summed E-state index contributed by atoms with van der Waals surface area (Å²) in [4.78, 5) is 27.6. The standard InChI is InChI=1S/C24H31N3O2/c1-3-24(23(29)25-18-19(2)26-21-12-8-5-9-13-21)14-16-27(17-15-24)22(28)20-10-6-4-7-11-20/h4-13,19,26H,3,14-18H2,1-2H3,(H,25,29). The number of carbonyl (C=O) groups excluding carboxylic acids is 2. The molecule has 1 fully saturated rings. The Morgan fingerprint density at radius 2 is 1.59 bits per heavy atom. The van der Waals surface area contributed by atoms with E-state index in [1.807, 2.05) is 65.6 Å². The Hall–Kier alpha value is -2.82. The number of carbonyl (C=O) groups is 2. The van der Waals surface area contributed by atoms with E-state index in [4.69, 9.17) is 0 Å². The summed E-state index contributed by atoms with van der Waals surface area (Å²) < 4.78 is 0. The first-order chi connectivity index (χ1) is 14.0. The van der Waals surface area contributed by atoms with Crippen LogP contribution in [0.1, 0.15) is 43.5 Å². The number of hydrogen-bond acceptors (Lipinski definition) is 3. The van der Waals surface area contributed by atoms with Crippen LogP contribution in [0.5, 0.6) is 0 Å². The zero-order chi connectivity index (χ0) is 20.7. The molecule has 0 bridgehead atoms. The average Bonchev–Trinajstić information content (AvgIpc) is 2.78. The third kappa shape index (κ3) is 5.17. The Balaban J connectivity index is 1.52. The molecule has 1 aliphatic rings. The highest BCUT2D eigenvalue weighted by molar-refractivity contribution is 5.94. The lowest BCUT2D eigenvalue weighted by Crippen LogP contribution is -2.51. The monoisotopic (exact) mass is 393 g/mol. The van der Waals surface area contributed by atoms with E-state index in [2.05, 4.69) is 24.5 Å². The Kier molecular flexibility index (Phi) is 6.91. The van der Waals surface area contributed by atoms with Crippen LogP contribution >= 0.6 is 0 Å². The molecule has 1 saturated heterocycles. The van der Waals surface area contributed by atoms with Crippen molar-refractivity contribution in [2.75, 3.05) is 25.0 Å². The van der Waals surface area contributed by atoms with Gasteiger partial charge in [-0.15, -0.1) is 0 Å². The Morgan fingerprint density at radius 3 is 2.17 bits per heavy atom. The molecule has 2 aromatic rings. The smallest absolute Gasteiger partial charge is 0.253 e. The van der Waals surface area contributed by atoms with Crippen molar-refractivity contribution in [3.63, 3.8) is 0 Å². The molecular formula is C24H31N3O2. The van der Waals surface area contributed by atoms with Gasteiger partial charge in [0, 0.05) is 36.9 Å². The van der Waals surface area contributed by atoms with Crippen molar-refractivity contribution in [1.29, 1.82) is 0 Å². The highest BCUT2D eigenvalue weighted by Crippen LogP contribution is 2.35. The number of likely N-dealkylation sites (tertiary alicyclic amines) is 1. The molecule has 2 aromatic carbocycles. The van der Waals surface area contributed by atoms with Crippen molar-refractivity contribution in [3.05, 3.63) is 66.2 Å². The van der Waals surface area contributed by atoms with Crippen LogP contribution in [-0.2, 0) is 4.79 Å². The number of piperidine rings is 1. The fourth-order valence-corrected chi connectivity index (χ4v) is 3.95. The second-order valence-electron chi connectivity index (χ2n) is 7.91. The second kappa shape index (κ2) is 9.59. The van der Waals surface area contributed by atoms with Gasteiger partial charge in [-0.1, -0.05) is 43.3 Å². The number of benzene rings is 2. The zero-order valence-corrected chi connectivity index (χ0v) is 17.4. The molecule has 0 aromatic heterocycles. The van der Waals surface area contributed by atoms with E-state index in [1.165, 1.54) is 0 Å². The summed E-state index contributed by atoms with van der Waals surface area (Å²) in [6, 6.07) is 19.5. The molecule has 154 valence electrons. The van der Waals surface area contributed by atoms with Crippen LogP contribution < -0.4 is 10.6 Å². The van der Waals surface area contributed by atoms with E-state index in [-0.39, 0.29) is 23.3 Å². The van der Waals surface area contributed by atoms with Crippen LogP contribution in [0, 0.1) is 5.41 Å².